The normalized spacial score (nSPS) is 17.4. The molecule has 1 fully saturated rings. The van der Waals surface area contributed by atoms with Crippen molar-refractivity contribution in [1.29, 1.82) is 0 Å². The number of hydrogen-bond donors (Lipinski definition) is 2. The second-order valence-electron chi connectivity index (χ2n) is 6.86. The zero-order chi connectivity index (χ0) is 21.6. The van der Waals surface area contributed by atoms with Crippen molar-refractivity contribution in [3.8, 4) is 0 Å². The number of rotatable bonds is 5. The van der Waals surface area contributed by atoms with Crippen LogP contribution in [0.25, 0.3) is 0 Å². The molecule has 6 nitrogen and oxygen atoms in total. The molecule has 9 heteroatoms. The monoisotopic (exact) mass is 421 g/mol. The third-order valence-corrected chi connectivity index (χ3v) is 4.71. The van der Waals surface area contributed by atoms with Crippen LogP contribution in [-0.4, -0.2) is 49.5 Å². The highest BCUT2D eigenvalue weighted by Crippen LogP contribution is 2.29. The van der Waals surface area contributed by atoms with E-state index in [2.05, 4.69) is 15.5 Å². The summed E-state index contributed by atoms with van der Waals surface area (Å²) >= 11 is 0. The molecule has 2 aromatic rings. The van der Waals surface area contributed by atoms with Gasteiger partial charge in [-0.1, -0.05) is 30.3 Å². The molecular formula is C21H22F3N3O3. The van der Waals surface area contributed by atoms with Crippen LogP contribution in [-0.2, 0) is 20.5 Å². The Morgan fingerprint density at radius 1 is 1.03 bits per heavy atom. The van der Waals surface area contributed by atoms with Crippen molar-refractivity contribution in [3.63, 3.8) is 0 Å². The van der Waals surface area contributed by atoms with Crippen molar-refractivity contribution >= 4 is 17.5 Å². The molecule has 1 atom stereocenters. The zero-order valence-corrected chi connectivity index (χ0v) is 16.1. The summed E-state index contributed by atoms with van der Waals surface area (Å²) in [6, 6.07) is 13.7. The quantitative estimate of drug-likeness (QED) is 0.729. The largest absolute Gasteiger partial charge is 0.416 e. The van der Waals surface area contributed by atoms with E-state index in [1.54, 1.807) is 0 Å². The van der Waals surface area contributed by atoms with Crippen molar-refractivity contribution in [2.45, 2.75) is 12.3 Å². The van der Waals surface area contributed by atoms with E-state index in [4.69, 9.17) is 4.74 Å². The molecule has 0 aliphatic carbocycles. The van der Waals surface area contributed by atoms with Crippen LogP contribution in [0.4, 0.5) is 18.9 Å². The van der Waals surface area contributed by atoms with Crippen molar-refractivity contribution in [1.82, 2.24) is 10.2 Å². The first-order valence-corrected chi connectivity index (χ1v) is 9.48. The van der Waals surface area contributed by atoms with E-state index >= 15 is 0 Å². The van der Waals surface area contributed by atoms with E-state index in [0.29, 0.717) is 19.7 Å². The minimum atomic E-state index is -4.46. The molecule has 30 heavy (non-hydrogen) atoms. The van der Waals surface area contributed by atoms with E-state index in [-0.39, 0.29) is 18.3 Å². The summed E-state index contributed by atoms with van der Waals surface area (Å²) < 4.78 is 43.5. The zero-order valence-electron chi connectivity index (χ0n) is 16.1. The highest BCUT2D eigenvalue weighted by molar-refractivity contribution is 6.39. The number of alkyl halides is 3. The van der Waals surface area contributed by atoms with Crippen LogP contribution in [0.3, 0.4) is 0 Å². The number of amides is 2. The minimum absolute atomic E-state index is 0.0429. The Balaban J connectivity index is 1.42. The molecular weight excluding hydrogens is 399 g/mol. The van der Waals surface area contributed by atoms with Gasteiger partial charge in [0.1, 0.15) is 0 Å². The lowest BCUT2D eigenvalue weighted by molar-refractivity contribution is -0.137. The predicted octanol–water partition coefficient (Wildman–Crippen LogP) is 2.83. The topological polar surface area (TPSA) is 70.7 Å². The Hall–Kier alpha value is -2.91. The Labute approximate surface area is 172 Å². The van der Waals surface area contributed by atoms with Crippen LogP contribution in [0.5, 0.6) is 0 Å². The van der Waals surface area contributed by atoms with Gasteiger partial charge in [-0.05, 0) is 29.8 Å². The number of nitrogens with one attached hydrogen (secondary N) is 2. The highest BCUT2D eigenvalue weighted by atomic mass is 19.4. The average Bonchev–Trinajstić information content (AvgIpc) is 2.74. The molecule has 2 aromatic carbocycles. The fraction of sp³-hybridized carbons (Fsp3) is 0.333. The summed E-state index contributed by atoms with van der Waals surface area (Å²) in [5.41, 5.74) is 0.369. The Kier molecular flexibility index (Phi) is 7.07. The van der Waals surface area contributed by atoms with Gasteiger partial charge in [-0.3, -0.25) is 14.5 Å². The van der Waals surface area contributed by atoms with Crippen molar-refractivity contribution in [3.05, 3.63) is 65.7 Å². The molecule has 1 saturated heterocycles. The van der Waals surface area contributed by atoms with Gasteiger partial charge in [-0.25, -0.2) is 0 Å². The van der Waals surface area contributed by atoms with Crippen LogP contribution in [0.15, 0.2) is 54.6 Å². The predicted molar refractivity (Wildman–Crippen MR) is 105 cm³/mol. The van der Waals surface area contributed by atoms with E-state index in [9.17, 15) is 22.8 Å². The van der Waals surface area contributed by atoms with Gasteiger partial charge in [0, 0.05) is 31.9 Å². The van der Waals surface area contributed by atoms with Crippen LogP contribution < -0.4 is 10.6 Å². The van der Waals surface area contributed by atoms with Gasteiger partial charge in [-0.15, -0.1) is 0 Å². The molecule has 1 heterocycles. The number of carbonyl (C=O) groups excluding carboxylic acids is 2. The smallest absolute Gasteiger partial charge is 0.371 e. The Morgan fingerprint density at radius 2 is 1.73 bits per heavy atom. The van der Waals surface area contributed by atoms with Gasteiger partial charge in [0.15, 0.2) is 0 Å². The number of halogens is 3. The number of anilines is 1. The minimum Gasteiger partial charge on any atom is -0.371 e. The van der Waals surface area contributed by atoms with E-state index in [1.165, 1.54) is 0 Å². The number of hydrogen-bond acceptors (Lipinski definition) is 4. The standard InChI is InChI=1S/C21H22F3N3O3/c22-21(23,24)16-6-8-17(9-7-16)26-20(29)19(28)25-10-11-27-12-13-30-18(14-27)15-4-2-1-3-5-15/h1-9,18H,10-14H2,(H,25,28)(H,26,29)/t18-/m0/s1. The Morgan fingerprint density at radius 3 is 2.40 bits per heavy atom. The maximum Gasteiger partial charge on any atom is 0.416 e. The van der Waals surface area contributed by atoms with Crippen molar-refractivity contribution < 1.29 is 27.5 Å². The number of ether oxygens (including phenoxy) is 1. The SMILES string of the molecule is O=C(NCCN1CCO[C@H](c2ccccc2)C1)C(=O)Nc1ccc(C(F)(F)F)cc1. The highest BCUT2D eigenvalue weighted by Gasteiger charge is 2.30. The second-order valence-corrected chi connectivity index (χ2v) is 6.86. The van der Waals surface area contributed by atoms with Gasteiger partial charge < -0.3 is 15.4 Å². The van der Waals surface area contributed by atoms with Crippen LogP contribution in [0.2, 0.25) is 0 Å². The fourth-order valence-corrected chi connectivity index (χ4v) is 3.11. The fourth-order valence-electron chi connectivity index (χ4n) is 3.11. The van der Waals surface area contributed by atoms with Crippen LogP contribution in [0, 0.1) is 0 Å². The molecule has 0 aromatic heterocycles. The lowest BCUT2D eigenvalue weighted by atomic mass is 10.1. The summed E-state index contributed by atoms with van der Waals surface area (Å²) in [5, 5.41) is 4.81. The first-order valence-electron chi connectivity index (χ1n) is 9.48. The molecule has 0 radical (unpaired) electrons. The average molecular weight is 421 g/mol. The van der Waals surface area contributed by atoms with Gasteiger partial charge in [-0.2, -0.15) is 13.2 Å². The molecule has 1 aliphatic rings. The third kappa shape index (κ3) is 6.04. The maximum absolute atomic E-state index is 12.6. The third-order valence-electron chi connectivity index (χ3n) is 4.71. The molecule has 1 aliphatic heterocycles. The molecule has 0 bridgehead atoms. The molecule has 0 saturated carbocycles. The molecule has 3 rings (SSSR count). The summed E-state index contributed by atoms with van der Waals surface area (Å²) in [4.78, 5) is 26.0. The summed E-state index contributed by atoms with van der Waals surface area (Å²) in [6.07, 6.45) is -4.50. The van der Waals surface area contributed by atoms with Crippen LogP contribution >= 0.6 is 0 Å². The summed E-state index contributed by atoms with van der Waals surface area (Å²) in [6.45, 7) is 2.78. The molecule has 2 N–H and O–H groups in total. The molecule has 2 amide bonds. The summed E-state index contributed by atoms with van der Waals surface area (Å²) in [5.74, 6) is -1.78. The lowest BCUT2D eigenvalue weighted by Gasteiger charge is -2.33. The van der Waals surface area contributed by atoms with Gasteiger partial charge in [0.05, 0.1) is 18.3 Å². The number of nitrogens with zero attached hydrogens (tertiary/aromatic N) is 1. The number of benzene rings is 2. The second kappa shape index (κ2) is 9.73. The number of morpholine rings is 1. The van der Waals surface area contributed by atoms with Crippen molar-refractivity contribution in [2.24, 2.45) is 0 Å². The molecule has 0 unspecified atom stereocenters. The number of carbonyl (C=O) groups is 2. The van der Waals surface area contributed by atoms with Crippen LogP contribution in [0.1, 0.15) is 17.2 Å². The van der Waals surface area contributed by atoms with Gasteiger partial charge in [0.25, 0.3) is 0 Å². The van der Waals surface area contributed by atoms with E-state index in [0.717, 1.165) is 36.4 Å². The van der Waals surface area contributed by atoms with Gasteiger partial charge in [0.2, 0.25) is 0 Å². The van der Waals surface area contributed by atoms with Crippen molar-refractivity contribution in [2.75, 3.05) is 38.1 Å². The maximum atomic E-state index is 12.6. The Bertz CT molecular complexity index is 857. The van der Waals surface area contributed by atoms with E-state index in [1.807, 2.05) is 30.3 Å². The first-order chi connectivity index (χ1) is 14.3. The summed E-state index contributed by atoms with van der Waals surface area (Å²) in [7, 11) is 0. The molecule has 160 valence electrons. The molecule has 0 spiro atoms. The first kappa shape index (κ1) is 21.8. The van der Waals surface area contributed by atoms with Gasteiger partial charge >= 0.3 is 18.0 Å². The lowest BCUT2D eigenvalue weighted by Crippen LogP contribution is -2.44. The van der Waals surface area contributed by atoms with E-state index < -0.39 is 23.6 Å².